The fourth-order valence-corrected chi connectivity index (χ4v) is 2.27. The van der Waals surface area contributed by atoms with Crippen LogP contribution in [0.4, 0.5) is 11.4 Å². The first kappa shape index (κ1) is 14.7. The number of carbonyl (C=O) groups excluding carboxylic acids is 1. The van der Waals surface area contributed by atoms with Gasteiger partial charge in [-0.05, 0) is 48.7 Å². The van der Waals surface area contributed by atoms with Gasteiger partial charge in [-0.2, -0.15) is 0 Å². The van der Waals surface area contributed by atoms with Crippen molar-refractivity contribution in [1.29, 1.82) is 0 Å². The number of hydrogen-bond donors (Lipinski definition) is 2. The molecule has 0 unspecified atom stereocenters. The normalized spacial score (nSPS) is 10.2. The van der Waals surface area contributed by atoms with Gasteiger partial charge in [0.25, 0.3) is 0 Å². The monoisotopic (exact) mass is 282 g/mol. The molecule has 0 fully saturated rings. The summed E-state index contributed by atoms with van der Waals surface area (Å²) in [4.78, 5) is 11.4. The largest absolute Gasteiger partial charge is 0.421 e. The van der Waals surface area contributed by atoms with Gasteiger partial charge in [-0.25, -0.2) is 4.79 Å². The molecule has 2 rings (SSSR count). The van der Waals surface area contributed by atoms with E-state index in [-0.39, 0.29) is 0 Å². The van der Waals surface area contributed by atoms with Crippen LogP contribution in [-0.2, 0) is 4.79 Å². The van der Waals surface area contributed by atoms with Crippen LogP contribution in [0.1, 0.15) is 11.1 Å². The number of hydrogen-bond acceptors (Lipinski definition) is 4. The van der Waals surface area contributed by atoms with Gasteiger partial charge in [-0.15, -0.1) is 0 Å². The summed E-state index contributed by atoms with van der Waals surface area (Å²) in [5.74, 6) is -0.162. The summed E-state index contributed by atoms with van der Waals surface area (Å²) in [6.45, 7) is 7.24. The van der Waals surface area contributed by atoms with Crippen LogP contribution in [0.15, 0.2) is 43.0 Å². The maximum Gasteiger partial charge on any atom is 0.335 e. The number of benzene rings is 2. The Balaban J connectivity index is 2.58. The Hall–Kier alpha value is -2.75. The Morgan fingerprint density at radius 2 is 1.81 bits per heavy atom. The van der Waals surface area contributed by atoms with Crippen LogP contribution in [-0.4, -0.2) is 5.97 Å². The van der Waals surface area contributed by atoms with Crippen molar-refractivity contribution in [2.45, 2.75) is 13.8 Å². The number of aryl methyl sites for hydroxylation is 1. The van der Waals surface area contributed by atoms with Crippen molar-refractivity contribution in [3.05, 3.63) is 54.1 Å². The van der Waals surface area contributed by atoms with Gasteiger partial charge in [0, 0.05) is 17.3 Å². The molecule has 0 amide bonds. The average molecular weight is 282 g/mol. The first-order chi connectivity index (χ1) is 9.93. The molecule has 0 saturated carbocycles. The van der Waals surface area contributed by atoms with Crippen molar-refractivity contribution < 1.29 is 9.53 Å². The van der Waals surface area contributed by atoms with Crippen molar-refractivity contribution in [2.24, 2.45) is 0 Å². The third-order valence-corrected chi connectivity index (χ3v) is 3.35. The smallest absolute Gasteiger partial charge is 0.335 e. The molecule has 4 nitrogen and oxygen atoms in total. The van der Waals surface area contributed by atoms with Crippen molar-refractivity contribution in [3.63, 3.8) is 0 Å². The molecular formula is C17H18N2O2. The molecule has 0 aliphatic heterocycles. The van der Waals surface area contributed by atoms with E-state index in [4.69, 9.17) is 16.2 Å². The van der Waals surface area contributed by atoms with Crippen molar-refractivity contribution in [3.8, 4) is 16.9 Å². The second-order valence-corrected chi connectivity index (χ2v) is 4.86. The first-order valence-electron chi connectivity index (χ1n) is 6.54. The predicted molar refractivity (Wildman–Crippen MR) is 86.0 cm³/mol. The molecule has 108 valence electrons. The maximum absolute atomic E-state index is 11.4. The number of nitrogen functional groups attached to an aromatic ring is 2. The predicted octanol–water partition coefficient (Wildman–Crippen LogP) is 3.23. The molecule has 0 heterocycles. The van der Waals surface area contributed by atoms with Crippen LogP contribution in [0.3, 0.4) is 0 Å². The van der Waals surface area contributed by atoms with Crippen LogP contribution in [0, 0.1) is 13.8 Å². The molecule has 4 N–H and O–H groups in total. The highest BCUT2D eigenvalue weighted by atomic mass is 16.5. The molecule has 0 bridgehead atoms. The molecule has 0 saturated heterocycles. The molecule has 0 radical (unpaired) electrons. The summed E-state index contributed by atoms with van der Waals surface area (Å²) in [5.41, 5.74) is 16.6. The summed E-state index contributed by atoms with van der Waals surface area (Å²) in [6.07, 6.45) is 1.11. The molecular weight excluding hydrogens is 264 g/mol. The number of nitrogens with two attached hydrogens (primary N) is 2. The van der Waals surface area contributed by atoms with Crippen LogP contribution >= 0.6 is 0 Å². The fourth-order valence-electron chi connectivity index (χ4n) is 2.27. The minimum atomic E-state index is -0.532. The van der Waals surface area contributed by atoms with Gasteiger partial charge < -0.3 is 16.2 Å². The summed E-state index contributed by atoms with van der Waals surface area (Å²) in [6, 6.07) is 9.33. The van der Waals surface area contributed by atoms with E-state index in [0.29, 0.717) is 17.1 Å². The maximum atomic E-state index is 11.4. The lowest BCUT2D eigenvalue weighted by Crippen LogP contribution is -2.07. The lowest BCUT2D eigenvalue weighted by atomic mass is 9.95. The Kier molecular flexibility index (Phi) is 3.98. The highest BCUT2D eigenvalue weighted by Crippen LogP contribution is 2.36. The van der Waals surface area contributed by atoms with Gasteiger partial charge in [-0.3, -0.25) is 0 Å². The van der Waals surface area contributed by atoms with Gasteiger partial charge in [0.05, 0.1) is 5.69 Å². The number of carbonyl (C=O) groups is 1. The quantitative estimate of drug-likeness (QED) is 0.392. The van der Waals surface area contributed by atoms with Crippen LogP contribution < -0.4 is 16.2 Å². The van der Waals surface area contributed by atoms with Crippen LogP contribution in [0.2, 0.25) is 0 Å². The fraction of sp³-hybridized carbons (Fsp3) is 0.118. The van der Waals surface area contributed by atoms with Gasteiger partial charge in [0.2, 0.25) is 0 Å². The van der Waals surface area contributed by atoms with Crippen LogP contribution in [0.25, 0.3) is 11.1 Å². The minimum Gasteiger partial charge on any atom is -0.421 e. The van der Waals surface area contributed by atoms with Crippen LogP contribution in [0.5, 0.6) is 5.75 Å². The first-order valence-corrected chi connectivity index (χ1v) is 6.54. The van der Waals surface area contributed by atoms with E-state index in [2.05, 4.69) is 6.58 Å². The summed E-state index contributed by atoms with van der Waals surface area (Å²) in [7, 11) is 0. The SMILES string of the molecule is C=CC(=O)Oc1c(N)ccc(-c2ccc(N)cc2C)c1C. The molecule has 0 spiro atoms. The molecule has 21 heavy (non-hydrogen) atoms. The number of ether oxygens (including phenoxy) is 1. The van der Waals surface area contributed by atoms with E-state index in [9.17, 15) is 4.79 Å². The van der Waals surface area contributed by atoms with E-state index in [1.165, 1.54) is 0 Å². The van der Waals surface area contributed by atoms with Crippen molar-refractivity contribution in [1.82, 2.24) is 0 Å². The lowest BCUT2D eigenvalue weighted by Gasteiger charge is -2.15. The zero-order valence-electron chi connectivity index (χ0n) is 12.1. The average Bonchev–Trinajstić information content (AvgIpc) is 2.44. The topological polar surface area (TPSA) is 78.3 Å². The molecule has 4 heteroatoms. The second kappa shape index (κ2) is 5.71. The summed E-state index contributed by atoms with van der Waals surface area (Å²) >= 11 is 0. The lowest BCUT2D eigenvalue weighted by molar-refractivity contribution is -0.128. The van der Waals surface area contributed by atoms with E-state index < -0.39 is 5.97 Å². The Morgan fingerprint density at radius 1 is 1.14 bits per heavy atom. The number of esters is 1. The van der Waals surface area contributed by atoms with E-state index >= 15 is 0 Å². The third-order valence-electron chi connectivity index (χ3n) is 3.35. The third kappa shape index (κ3) is 2.89. The highest BCUT2D eigenvalue weighted by Gasteiger charge is 2.14. The Morgan fingerprint density at radius 3 is 2.43 bits per heavy atom. The Labute approximate surface area is 124 Å². The van der Waals surface area contributed by atoms with Crippen molar-refractivity contribution in [2.75, 3.05) is 11.5 Å². The minimum absolute atomic E-state index is 0.369. The molecule has 0 aliphatic carbocycles. The van der Waals surface area contributed by atoms with Crippen molar-refractivity contribution >= 4 is 17.3 Å². The molecule has 0 atom stereocenters. The van der Waals surface area contributed by atoms with Gasteiger partial charge in [-0.1, -0.05) is 18.7 Å². The zero-order valence-corrected chi connectivity index (χ0v) is 12.1. The Bertz CT molecular complexity index is 721. The van der Waals surface area contributed by atoms with E-state index in [0.717, 1.165) is 28.3 Å². The number of rotatable bonds is 3. The second-order valence-electron chi connectivity index (χ2n) is 4.86. The summed E-state index contributed by atoms with van der Waals surface area (Å²) in [5, 5.41) is 0. The van der Waals surface area contributed by atoms with E-state index in [1.54, 1.807) is 6.07 Å². The molecule has 0 aromatic heterocycles. The molecule has 2 aromatic carbocycles. The standard InChI is InChI=1S/C17H18N2O2/c1-4-16(20)21-17-11(3)14(7-8-15(17)19)13-6-5-12(18)9-10(13)2/h4-9H,1,18-19H2,2-3H3. The number of anilines is 2. The molecule has 0 aliphatic rings. The highest BCUT2D eigenvalue weighted by molar-refractivity contribution is 5.86. The summed E-state index contributed by atoms with van der Waals surface area (Å²) < 4.78 is 5.24. The van der Waals surface area contributed by atoms with Gasteiger partial charge >= 0.3 is 5.97 Å². The van der Waals surface area contributed by atoms with Gasteiger partial charge in [0.1, 0.15) is 0 Å². The van der Waals surface area contributed by atoms with Gasteiger partial charge in [0.15, 0.2) is 5.75 Å². The molecule has 2 aromatic rings. The zero-order chi connectivity index (χ0) is 15.6. The van der Waals surface area contributed by atoms with E-state index in [1.807, 2.05) is 38.1 Å².